The molecule has 0 heteroatoms. The lowest BCUT2D eigenvalue weighted by molar-refractivity contribution is 0.979. The first-order chi connectivity index (χ1) is 7.77. The van der Waals surface area contributed by atoms with E-state index >= 15 is 0 Å². The largest absolute Gasteiger partial charge is 0.0842 e. The predicted molar refractivity (Wildman–Crippen MR) is 71.3 cm³/mol. The molecule has 0 atom stereocenters. The maximum absolute atomic E-state index is 2.23. The van der Waals surface area contributed by atoms with Crippen molar-refractivity contribution in [3.63, 3.8) is 0 Å². The van der Waals surface area contributed by atoms with Gasteiger partial charge in [-0.3, -0.25) is 0 Å². The highest BCUT2D eigenvalue weighted by molar-refractivity contribution is 5.77. The lowest BCUT2D eigenvalue weighted by atomic mass is 9.95. The Bertz CT molecular complexity index is 441. The van der Waals surface area contributed by atoms with Gasteiger partial charge in [0.15, 0.2) is 0 Å². The zero-order chi connectivity index (χ0) is 11.4. The first kappa shape index (κ1) is 10.9. The van der Waals surface area contributed by atoms with Crippen molar-refractivity contribution in [2.75, 3.05) is 0 Å². The first-order valence-electron chi connectivity index (χ1n) is 5.87. The monoisotopic (exact) mass is 210 g/mol. The predicted octanol–water partition coefficient (Wildman–Crippen LogP) is 4.67. The van der Waals surface area contributed by atoms with Crippen LogP contribution in [0.15, 0.2) is 54.1 Å². The molecule has 0 aromatic heterocycles. The summed E-state index contributed by atoms with van der Waals surface area (Å²) in [4.78, 5) is 0. The van der Waals surface area contributed by atoms with Gasteiger partial charge in [0, 0.05) is 0 Å². The van der Waals surface area contributed by atoms with E-state index in [4.69, 9.17) is 0 Å². The Morgan fingerprint density at radius 1 is 0.938 bits per heavy atom. The van der Waals surface area contributed by atoms with Gasteiger partial charge in [-0.05, 0) is 37.8 Å². The van der Waals surface area contributed by atoms with Gasteiger partial charge >= 0.3 is 0 Å². The fourth-order valence-electron chi connectivity index (χ4n) is 1.98. The molecule has 0 aliphatic heterocycles. The van der Waals surface area contributed by atoms with Crippen molar-refractivity contribution in [3.8, 4) is 0 Å². The number of rotatable bonds is 1. The third kappa shape index (κ3) is 2.52. The standard InChI is InChI=1S/C16H18/c1-13-9-11-15(12-10-13)16-8-6-4-3-5-7-14(16)2/h3-4,6,8-12H,5,7H2,1-2H3. The van der Waals surface area contributed by atoms with Gasteiger partial charge in [0.1, 0.15) is 0 Å². The summed E-state index contributed by atoms with van der Waals surface area (Å²) < 4.78 is 0. The minimum atomic E-state index is 1.14. The average Bonchev–Trinajstić information content (AvgIpc) is 2.26. The Balaban J connectivity index is 2.40. The first-order valence-corrected chi connectivity index (χ1v) is 5.87. The summed E-state index contributed by atoms with van der Waals surface area (Å²) in [5.41, 5.74) is 5.50. The van der Waals surface area contributed by atoms with E-state index in [-0.39, 0.29) is 0 Å². The van der Waals surface area contributed by atoms with Crippen molar-refractivity contribution in [2.24, 2.45) is 0 Å². The molecule has 0 saturated heterocycles. The molecule has 0 fully saturated rings. The van der Waals surface area contributed by atoms with Crippen LogP contribution in [0, 0.1) is 6.92 Å². The van der Waals surface area contributed by atoms with E-state index in [1.54, 1.807) is 0 Å². The third-order valence-corrected chi connectivity index (χ3v) is 3.02. The Morgan fingerprint density at radius 2 is 1.69 bits per heavy atom. The van der Waals surface area contributed by atoms with Crippen molar-refractivity contribution < 1.29 is 0 Å². The quantitative estimate of drug-likeness (QED) is 0.631. The van der Waals surface area contributed by atoms with Gasteiger partial charge in [-0.15, -0.1) is 0 Å². The molecule has 1 aliphatic carbocycles. The van der Waals surface area contributed by atoms with Crippen LogP contribution in [-0.4, -0.2) is 0 Å². The highest BCUT2D eigenvalue weighted by Gasteiger charge is 2.03. The number of aryl methyl sites for hydroxylation is 1. The molecular formula is C16H18. The van der Waals surface area contributed by atoms with Crippen molar-refractivity contribution in [1.82, 2.24) is 0 Å². The zero-order valence-electron chi connectivity index (χ0n) is 10.0. The Labute approximate surface area is 98.0 Å². The van der Waals surface area contributed by atoms with Crippen molar-refractivity contribution >= 4 is 5.57 Å². The van der Waals surface area contributed by atoms with Crippen LogP contribution < -0.4 is 0 Å². The van der Waals surface area contributed by atoms with Crippen molar-refractivity contribution in [3.05, 3.63) is 65.3 Å². The normalized spacial score (nSPS) is 16.1. The fraction of sp³-hybridized carbons (Fsp3) is 0.250. The van der Waals surface area contributed by atoms with Gasteiger partial charge in [-0.1, -0.05) is 59.7 Å². The summed E-state index contributed by atoms with van der Waals surface area (Å²) in [6.45, 7) is 4.36. The molecular weight excluding hydrogens is 192 g/mol. The van der Waals surface area contributed by atoms with Gasteiger partial charge in [0.25, 0.3) is 0 Å². The maximum Gasteiger partial charge on any atom is -0.0184 e. The Hall–Kier alpha value is -1.56. The molecule has 1 aliphatic rings. The second kappa shape index (κ2) is 4.98. The molecule has 0 bridgehead atoms. The number of hydrogen-bond donors (Lipinski definition) is 0. The lowest BCUT2D eigenvalue weighted by Crippen LogP contribution is -1.89. The molecule has 0 N–H and O–H groups in total. The molecule has 16 heavy (non-hydrogen) atoms. The Morgan fingerprint density at radius 3 is 2.44 bits per heavy atom. The smallest absolute Gasteiger partial charge is 0.0184 e. The second-order valence-corrected chi connectivity index (χ2v) is 4.39. The van der Waals surface area contributed by atoms with Crippen molar-refractivity contribution in [2.45, 2.75) is 26.7 Å². The van der Waals surface area contributed by atoms with Crippen molar-refractivity contribution in [1.29, 1.82) is 0 Å². The SMILES string of the molecule is CC1=C(c2ccc(C)cc2)C=CC=CCC1. The molecule has 2 rings (SSSR count). The van der Waals surface area contributed by atoms with Crippen LogP contribution >= 0.6 is 0 Å². The topological polar surface area (TPSA) is 0 Å². The van der Waals surface area contributed by atoms with E-state index in [0.29, 0.717) is 0 Å². The number of benzene rings is 1. The van der Waals surface area contributed by atoms with Gasteiger partial charge < -0.3 is 0 Å². The molecule has 0 nitrogen and oxygen atoms in total. The van der Waals surface area contributed by atoms with Crippen LogP contribution in [0.1, 0.15) is 30.9 Å². The van der Waals surface area contributed by atoms with Crippen LogP contribution in [-0.2, 0) is 0 Å². The summed E-state index contributed by atoms with van der Waals surface area (Å²) in [7, 11) is 0. The zero-order valence-corrected chi connectivity index (χ0v) is 10.0. The van der Waals surface area contributed by atoms with Gasteiger partial charge in [-0.25, -0.2) is 0 Å². The molecule has 0 saturated carbocycles. The minimum Gasteiger partial charge on any atom is -0.0842 e. The third-order valence-electron chi connectivity index (χ3n) is 3.02. The summed E-state index contributed by atoms with van der Waals surface area (Å²) in [5.74, 6) is 0. The number of hydrogen-bond acceptors (Lipinski definition) is 0. The molecule has 0 unspecified atom stereocenters. The van der Waals surface area contributed by atoms with Gasteiger partial charge in [0.2, 0.25) is 0 Å². The van der Waals surface area contributed by atoms with E-state index in [2.05, 4.69) is 62.4 Å². The molecule has 0 amide bonds. The van der Waals surface area contributed by atoms with Crippen LogP contribution in [0.25, 0.3) is 5.57 Å². The van der Waals surface area contributed by atoms with E-state index < -0.39 is 0 Å². The summed E-state index contributed by atoms with van der Waals surface area (Å²) in [6, 6.07) is 8.78. The van der Waals surface area contributed by atoms with E-state index in [1.165, 1.54) is 22.3 Å². The molecule has 82 valence electrons. The lowest BCUT2D eigenvalue weighted by Gasteiger charge is -2.10. The highest BCUT2D eigenvalue weighted by atomic mass is 14.1. The van der Waals surface area contributed by atoms with Crippen LogP contribution in [0.3, 0.4) is 0 Å². The number of allylic oxidation sites excluding steroid dienone is 6. The minimum absolute atomic E-state index is 1.14. The van der Waals surface area contributed by atoms with Crippen LogP contribution in [0.2, 0.25) is 0 Å². The Kier molecular flexibility index (Phi) is 3.40. The molecule has 1 aromatic carbocycles. The van der Waals surface area contributed by atoms with Crippen LogP contribution in [0.4, 0.5) is 0 Å². The van der Waals surface area contributed by atoms with Gasteiger partial charge in [0.05, 0.1) is 0 Å². The molecule has 0 spiro atoms. The highest BCUT2D eigenvalue weighted by Crippen LogP contribution is 2.24. The fourth-order valence-corrected chi connectivity index (χ4v) is 1.98. The van der Waals surface area contributed by atoms with E-state index in [9.17, 15) is 0 Å². The van der Waals surface area contributed by atoms with E-state index in [0.717, 1.165) is 12.8 Å². The summed E-state index contributed by atoms with van der Waals surface area (Å²) >= 11 is 0. The molecule has 0 heterocycles. The van der Waals surface area contributed by atoms with Gasteiger partial charge in [-0.2, -0.15) is 0 Å². The second-order valence-electron chi connectivity index (χ2n) is 4.39. The summed E-state index contributed by atoms with van der Waals surface area (Å²) in [6.07, 6.45) is 11.0. The molecule has 0 radical (unpaired) electrons. The average molecular weight is 210 g/mol. The summed E-state index contributed by atoms with van der Waals surface area (Å²) in [5, 5.41) is 0. The molecule has 1 aromatic rings. The van der Waals surface area contributed by atoms with E-state index in [1.807, 2.05) is 0 Å². The maximum atomic E-state index is 2.23. The van der Waals surface area contributed by atoms with Crippen LogP contribution in [0.5, 0.6) is 0 Å².